The number of hydrogen-bond acceptors (Lipinski definition) is 4. The second-order valence-corrected chi connectivity index (χ2v) is 4.30. The molecule has 1 N–H and O–H groups in total. The average molecular weight is 288 g/mol. The summed E-state index contributed by atoms with van der Waals surface area (Å²) < 4.78 is 5.17. The van der Waals surface area contributed by atoms with Crippen LogP contribution in [-0.4, -0.2) is 22.1 Å². The lowest BCUT2D eigenvalue weighted by molar-refractivity contribution is 0.378. The Bertz CT molecular complexity index is 615. The van der Waals surface area contributed by atoms with Crippen LogP contribution in [0.4, 0.5) is 0 Å². The molecular weight excluding hydrogens is 281 g/mol. The number of ether oxygens (including phenoxy) is 1. The Morgan fingerprint density at radius 1 is 1.24 bits per heavy atom. The molecule has 0 aliphatic heterocycles. The topological polar surface area (TPSA) is 50.8 Å². The molecule has 0 aliphatic rings. The Balaban J connectivity index is 2.55. The lowest BCUT2D eigenvalue weighted by Gasteiger charge is -2.04. The van der Waals surface area contributed by atoms with Crippen molar-refractivity contribution in [3.63, 3.8) is 0 Å². The van der Waals surface area contributed by atoms with E-state index in [1.165, 1.54) is 7.11 Å². The Labute approximate surface area is 113 Å². The van der Waals surface area contributed by atoms with Crippen molar-refractivity contribution in [2.24, 2.45) is 0 Å². The third-order valence-electron chi connectivity index (χ3n) is 2.02. The van der Waals surface area contributed by atoms with Crippen LogP contribution in [0.3, 0.4) is 0 Å². The second kappa shape index (κ2) is 5.00. The zero-order valence-corrected chi connectivity index (χ0v) is 11.0. The Morgan fingerprint density at radius 2 is 2.00 bits per heavy atom. The molecule has 7 heteroatoms. The smallest absolute Gasteiger partial charge is 0.297 e. The van der Waals surface area contributed by atoms with Gasteiger partial charge in [-0.3, -0.25) is 4.98 Å². The SMILES string of the molecule is COc1nc(=S)nc(-c2ccc(Cl)c(Cl)c2)[nH]1. The minimum atomic E-state index is 0.196. The van der Waals surface area contributed by atoms with Gasteiger partial charge in [0.15, 0.2) is 0 Å². The molecule has 1 aromatic carbocycles. The summed E-state index contributed by atoms with van der Waals surface area (Å²) in [5, 5.41) is 0.927. The molecule has 0 radical (unpaired) electrons. The number of aromatic nitrogens is 3. The number of hydrogen-bond donors (Lipinski definition) is 1. The molecule has 1 heterocycles. The van der Waals surface area contributed by atoms with Gasteiger partial charge >= 0.3 is 0 Å². The van der Waals surface area contributed by atoms with Gasteiger partial charge in [0.25, 0.3) is 6.01 Å². The van der Waals surface area contributed by atoms with Crippen molar-refractivity contribution in [2.75, 3.05) is 7.11 Å². The molecule has 4 nitrogen and oxygen atoms in total. The summed E-state index contributed by atoms with van der Waals surface area (Å²) in [6.07, 6.45) is 0. The zero-order chi connectivity index (χ0) is 12.4. The van der Waals surface area contributed by atoms with Crippen LogP contribution >= 0.6 is 35.4 Å². The van der Waals surface area contributed by atoms with E-state index in [0.29, 0.717) is 21.9 Å². The minimum Gasteiger partial charge on any atom is -0.468 e. The Hall–Kier alpha value is -1.17. The lowest BCUT2D eigenvalue weighted by Crippen LogP contribution is -1.97. The molecule has 0 saturated carbocycles. The molecule has 2 aromatic rings. The molecule has 0 fully saturated rings. The molecule has 0 unspecified atom stereocenters. The van der Waals surface area contributed by atoms with Crippen LogP contribution < -0.4 is 4.74 Å². The molecule has 0 amide bonds. The van der Waals surface area contributed by atoms with Gasteiger partial charge in [0.2, 0.25) is 4.77 Å². The summed E-state index contributed by atoms with van der Waals surface area (Å²) in [6, 6.07) is 5.45. The number of methoxy groups -OCH3 is 1. The van der Waals surface area contributed by atoms with Crippen molar-refractivity contribution < 1.29 is 4.74 Å². The van der Waals surface area contributed by atoms with E-state index in [9.17, 15) is 0 Å². The van der Waals surface area contributed by atoms with Crippen molar-refractivity contribution in [1.82, 2.24) is 15.0 Å². The van der Waals surface area contributed by atoms with Crippen molar-refractivity contribution in [2.45, 2.75) is 0 Å². The van der Waals surface area contributed by atoms with Gasteiger partial charge in [0, 0.05) is 5.56 Å². The average Bonchev–Trinajstić information content (AvgIpc) is 2.32. The van der Waals surface area contributed by atoms with Gasteiger partial charge in [-0.25, -0.2) is 4.98 Å². The third-order valence-corrected chi connectivity index (χ3v) is 2.94. The van der Waals surface area contributed by atoms with Crippen LogP contribution in [0.5, 0.6) is 6.01 Å². The first-order valence-corrected chi connectivity index (χ1v) is 5.74. The Kier molecular flexibility index (Phi) is 3.61. The molecular formula is C10H7Cl2N3OS. The van der Waals surface area contributed by atoms with Crippen molar-refractivity contribution in [3.8, 4) is 17.4 Å². The molecule has 0 aliphatic carbocycles. The van der Waals surface area contributed by atoms with Crippen LogP contribution in [-0.2, 0) is 0 Å². The molecule has 17 heavy (non-hydrogen) atoms. The van der Waals surface area contributed by atoms with E-state index in [1.54, 1.807) is 18.2 Å². The monoisotopic (exact) mass is 287 g/mol. The van der Waals surface area contributed by atoms with Crippen LogP contribution in [0.25, 0.3) is 11.4 Å². The largest absolute Gasteiger partial charge is 0.468 e. The minimum absolute atomic E-state index is 0.196. The highest BCUT2D eigenvalue weighted by Crippen LogP contribution is 2.27. The number of benzene rings is 1. The number of H-pyrrole nitrogens is 1. The van der Waals surface area contributed by atoms with E-state index in [0.717, 1.165) is 5.56 Å². The van der Waals surface area contributed by atoms with Crippen LogP contribution in [0.1, 0.15) is 0 Å². The zero-order valence-electron chi connectivity index (χ0n) is 8.70. The fourth-order valence-electron chi connectivity index (χ4n) is 1.24. The lowest BCUT2D eigenvalue weighted by atomic mass is 10.2. The fourth-order valence-corrected chi connectivity index (χ4v) is 1.71. The maximum absolute atomic E-state index is 5.93. The van der Waals surface area contributed by atoms with E-state index in [2.05, 4.69) is 15.0 Å². The maximum Gasteiger partial charge on any atom is 0.297 e. The van der Waals surface area contributed by atoms with Gasteiger partial charge in [-0.05, 0) is 30.4 Å². The summed E-state index contributed by atoms with van der Waals surface area (Å²) in [6.45, 7) is 0. The third kappa shape index (κ3) is 2.74. The fraction of sp³-hybridized carbons (Fsp3) is 0.100. The highest BCUT2D eigenvalue weighted by molar-refractivity contribution is 7.71. The molecule has 0 bridgehead atoms. The molecule has 88 valence electrons. The molecule has 0 spiro atoms. The van der Waals surface area contributed by atoms with Crippen molar-refractivity contribution >= 4 is 35.4 Å². The predicted octanol–water partition coefficient (Wildman–Crippen LogP) is 3.52. The highest BCUT2D eigenvalue weighted by Gasteiger charge is 2.06. The summed E-state index contributed by atoms with van der Waals surface area (Å²) in [5.74, 6) is 0.528. The van der Waals surface area contributed by atoms with Crippen LogP contribution in [0.2, 0.25) is 10.0 Å². The number of nitrogens with zero attached hydrogens (tertiary/aromatic N) is 2. The highest BCUT2D eigenvalue weighted by atomic mass is 35.5. The van der Waals surface area contributed by atoms with Gasteiger partial charge in [0.1, 0.15) is 5.82 Å². The van der Waals surface area contributed by atoms with Crippen LogP contribution in [0.15, 0.2) is 18.2 Å². The van der Waals surface area contributed by atoms with Gasteiger partial charge < -0.3 is 4.74 Å². The summed E-state index contributed by atoms with van der Waals surface area (Å²) >= 11 is 16.7. The second-order valence-electron chi connectivity index (χ2n) is 3.12. The van der Waals surface area contributed by atoms with Crippen LogP contribution in [0, 0.1) is 4.77 Å². The van der Waals surface area contributed by atoms with Gasteiger partial charge in [-0.15, -0.1) is 0 Å². The van der Waals surface area contributed by atoms with E-state index < -0.39 is 0 Å². The first-order valence-electron chi connectivity index (χ1n) is 4.58. The quantitative estimate of drug-likeness (QED) is 0.859. The van der Waals surface area contributed by atoms with Gasteiger partial charge in [-0.2, -0.15) is 4.98 Å². The maximum atomic E-state index is 5.93. The van der Waals surface area contributed by atoms with E-state index in [-0.39, 0.29) is 4.77 Å². The first-order chi connectivity index (χ1) is 8.10. The van der Waals surface area contributed by atoms with Gasteiger partial charge in [0.05, 0.1) is 17.2 Å². The Morgan fingerprint density at radius 3 is 2.65 bits per heavy atom. The van der Waals surface area contributed by atoms with Crippen molar-refractivity contribution in [3.05, 3.63) is 33.0 Å². The summed E-state index contributed by atoms with van der Waals surface area (Å²) in [4.78, 5) is 10.9. The number of rotatable bonds is 2. The normalized spacial score (nSPS) is 10.3. The van der Waals surface area contributed by atoms with Crippen molar-refractivity contribution in [1.29, 1.82) is 0 Å². The summed E-state index contributed by atoms with van der Waals surface area (Å²) in [5.41, 5.74) is 0.756. The molecule has 2 rings (SSSR count). The molecule has 0 saturated heterocycles. The van der Waals surface area contributed by atoms with E-state index in [4.69, 9.17) is 40.2 Å². The first kappa shape index (κ1) is 12.3. The predicted molar refractivity (Wildman–Crippen MR) is 69.2 cm³/mol. The number of aromatic amines is 1. The number of halogens is 2. The van der Waals surface area contributed by atoms with E-state index >= 15 is 0 Å². The summed E-state index contributed by atoms with van der Waals surface area (Å²) in [7, 11) is 1.49. The van der Waals surface area contributed by atoms with E-state index in [1.807, 2.05) is 0 Å². The molecule has 0 atom stereocenters. The number of nitrogens with one attached hydrogen (secondary N) is 1. The molecule has 1 aromatic heterocycles. The van der Waals surface area contributed by atoms with Gasteiger partial charge in [-0.1, -0.05) is 23.2 Å². The standard InChI is InChI=1S/C10H7Cl2N3OS/c1-16-9-13-8(14-10(17)15-9)5-2-3-6(11)7(12)4-5/h2-4H,1H3,(H,13,14,15,17).